The topological polar surface area (TPSA) is 78.9 Å². The third-order valence-electron chi connectivity index (χ3n) is 3.90. The van der Waals surface area contributed by atoms with Crippen LogP contribution >= 0.6 is 0 Å². The smallest absolute Gasteiger partial charge is 0.350 e. The van der Waals surface area contributed by atoms with Crippen LogP contribution in [0.2, 0.25) is 0 Å². The van der Waals surface area contributed by atoms with E-state index in [1.807, 2.05) is 44.2 Å². The molecule has 0 spiro atoms. The third-order valence-corrected chi connectivity index (χ3v) is 3.90. The number of aromatic nitrogens is 2. The van der Waals surface area contributed by atoms with E-state index in [-0.39, 0.29) is 18.5 Å². The van der Waals surface area contributed by atoms with Crippen molar-refractivity contribution in [2.45, 2.75) is 33.1 Å². The Kier molecular flexibility index (Phi) is 8.80. The van der Waals surface area contributed by atoms with Crippen LogP contribution in [0.15, 0.2) is 66.9 Å². The van der Waals surface area contributed by atoms with Crippen molar-refractivity contribution in [1.29, 1.82) is 0 Å². The molecule has 0 atom stereocenters. The van der Waals surface area contributed by atoms with Crippen molar-refractivity contribution < 1.29 is 18.0 Å². The molecule has 2 amide bonds. The van der Waals surface area contributed by atoms with Crippen molar-refractivity contribution in [1.82, 2.24) is 15.3 Å². The Morgan fingerprint density at radius 3 is 2.19 bits per heavy atom. The number of hydrogen-bond acceptors (Lipinski definition) is 4. The summed E-state index contributed by atoms with van der Waals surface area (Å²) in [7, 11) is 0. The highest BCUT2D eigenvalue weighted by Gasteiger charge is 2.32. The van der Waals surface area contributed by atoms with Crippen LogP contribution in [0.1, 0.15) is 30.7 Å². The molecule has 1 heterocycles. The second kappa shape index (κ2) is 11.5. The van der Waals surface area contributed by atoms with Crippen LogP contribution in [0, 0.1) is 0 Å². The quantitative estimate of drug-likeness (QED) is 0.485. The predicted molar refractivity (Wildman–Crippen MR) is 114 cm³/mol. The number of benzene rings is 2. The molecule has 0 aliphatic carbocycles. The van der Waals surface area contributed by atoms with Gasteiger partial charge in [-0.05, 0) is 29.3 Å². The molecule has 0 fully saturated rings. The molecular weight excluding hydrogens is 407 g/mol. The average molecular weight is 431 g/mol. The van der Waals surface area contributed by atoms with Crippen LogP contribution in [0.4, 0.5) is 29.6 Å². The Bertz CT molecular complexity index is 947. The SMILES string of the molecule is CC.O=C(NCc1ccccc1)Nc1ccc(CNc2nccc(C(F)(F)F)n2)cc1. The van der Waals surface area contributed by atoms with E-state index in [1.54, 1.807) is 24.3 Å². The molecule has 3 aromatic rings. The molecule has 0 saturated carbocycles. The lowest BCUT2D eigenvalue weighted by Gasteiger charge is -2.10. The van der Waals surface area contributed by atoms with Gasteiger partial charge in [0.15, 0.2) is 0 Å². The van der Waals surface area contributed by atoms with E-state index in [0.717, 1.165) is 23.4 Å². The summed E-state index contributed by atoms with van der Waals surface area (Å²) in [5.41, 5.74) is 1.37. The number of urea groups is 1. The molecule has 3 N–H and O–H groups in total. The largest absolute Gasteiger partial charge is 0.433 e. The zero-order valence-electron chi connectivity index (χ0n) is 17.2. The van der Waals surface area contributed by atoms with Gasteiger partial charge in [-0.15, -0.1) is 0 Å². The molecule has 2 aromatic carbocycles. The van der Waals surface area contributed by atoms with E-state index in [1.165, 1.54) is 0 Å². The summed E-state index contributed by atoms with van der Waals surface area (Å²) in [6.07, 6.45) is -3.47. The molecule has 0 unspecified atom stereocenters. The Balaban J connectivity index is 0.00000166. The Labute approximate surface area is 178 Å². The van der Waals surface area contributed by atoms with Crippen LogP contribution in [0.5, 0.6) is 0 Å². The normalized spacial score (nSPS) is 10.5. The van der Waals surface area contributed by atoms with E-state index >= 15 is 0 Å². The van der Waals surface area contributed by atoms with Gasteiger partial charge in [0.2, 0.25) is 5.95 Å². The summed E-state index contributed by atoms with van der Waals surface area (Å²) >= 11 is 0. The van der Waals surface area contributed by atoms with Gasteiger partial charge in [0.1, 0.15) is 5.69 Å². The number of carbonyl (C=O) groups is 1. The lowest BCUT2D eigenvalue weighted by atomic mass is 10.2. The predicted octanol–water partition coefficient (Wildman–Crippen LogP) is 5.46. The summed E-state index contributed by atoms with van der Waals surface area (Å²) in [6, 6.07) is 16.9. The third kappa shape index (κ3) is 7.96. The summed E-state index contributed by atoms with van der Waals surface area (Å²) < 4.78 is 38.0. The maximum absolute atomic E-state index is 12.7. The van der Waals surface area contributed by atoms with E-state index in [9.17, 15) is 18.0 Å². The minimum atomic E-state index is -4.52. The highest BCUT2D eigenvalue weighted by atomic mass is 19.4. The van der Waals surface area contributed by atoms with Crippen molar-refractivity contribution in [2.24, 2.45) is 0 Å². The second-order valence-corrected chi connectivity index (χ2v) is 6.11. The number of halogens is 3. The van der Waals surface area contributed by atoms with Gasteiger partial charge < -0.3 is 16.0 Å². The standard InChI is InChI=1S/C20H18F3N5O.C2H6/c21-20(22,23)17-10-11-24-18(28-17)25-12-15-6-8-16(9-7-15)27-19(29)26-13-14-4-2-1-3-5-14;1-2/h1-11H,12-13H2,(H,24,25,28)(H2,26,27,29);1-2H3. The van der Waals surface area contributed by atoms with E-state index in [2.05, 4.69) is 25.9 Å². The van der Waals surface area contributed by atoms with Crippen molar-refractivity contribution in [3.63, 3.8) is 0 Å². The summed E-state index contributed by atoms with van der Waals surface area (Å²) in [5.74, 6) is -0.109. The monoisotopic (exact) mass is 431 g/mol. The van der Waals surface area contributed by atoms with Gasteiger partial charge in [-0.25, -0.2) is 14.8 Å². The fraction of sp³-hybridized carbons (Fsp3) is 0.227. The number of alkyl halides is 3. The lowest BCUT2D eigenvalue weighted by Crippen LogP contribution is -2.28. The van der Waals surface area contributed by atoms with Crippen molar-refractivity contribution in [3.05, 3.63) is 83.7 Å². The van der Waals surface area contributed by atoms with Crippen LogP contribution in [-0.2, 0) is 19.3 Å². The fourth-order valence-electron chi connectivity index (χ4n) is 2.44. The molecule has 0 saturated heterocycles. The first-order valence-corrected chi connectivity index (χ1v) is 9.72. The fourth-order valence-corrected chi connectivity index (χ4v) is 2.44. The van der Waals surface area contributed by atoms with Crippen molar-refractivity contribution in [2.75, 3.05) is 10.6 Å². The van der Waals surface area contributed by atoms with Gasteiger partial charge >= 0.3 is 12.2 Å². The summed E-state index contributed by atoms with van der Waals surface area (Å²) in [5, 5.41) is 8.22. The molecule has 0 bridgehead atoms. The molecule has 6 nitrogen and oxygen atoms in total. The first-order chi connectivity index (χ1) is 14.9. The highest BCUT2D eigenvalue weighted by Crippen LogP contribution is 2.27. The van der Waals surface area contributed by atoms with Crippen molar-refractivity contribution >= 4 is 17.7 Å². The molecule has 0 aliphatic rings. The zero-order chi connectivity index (χ0) is 22.7. The zero-order valence-corrected chi connectivity index (χ0v) is 17.2. The molecule has 1 aromatic heterocycles. The van der Waals surface area contributed by atoms with Crippen LogP contribution in [0.25, 0.3) is 0 Å². The maximum atomic E-state index is 12.7. The number of nitrogens with one attached hydrogen (secondary N) is 3. The summed E-state index contributed by atoms with van der Waals surface area (Å²) in [6.45, 7) is 4.65. The summed E-state index contributed by atoms with van der Waals surface area (Å²) in [4.78, 5) is 19.2. The maximum Gasteiger partial charge on any atom is 0.433 e. The number of nitrogens with zero attached hydrogens (tertiary/aromatic N) is 2. The van der Waals surface area contributed by atoms with Gasteiger partial charge in [-0.1, -0.05) is 56.3 Å². The van der Waals surface area contributed by atoms with Gasteiger partial charge in [0.25, 0.3) is 0 Å². The van der Waals surface area contributed by atoms with Crippen LogP contribution in [0.3, 0.4) is 0 Å². The van der Waals surface area contributed by atoms with Crippen LogP contribution in [-0.4, -0.2) is 16.0 Å². The molecular formula is C22H24F3N5O. The van der Waals surface area contributed by atoms with Crippen LogP contribution < -0.4 is 16.0 Å². The second-order valence-electron chi connectivity index (χ2n) is 6.11. The Morgan fingerprint density at radius 2 is 1.55 bits per heavy atom. The Hall–Kier alpha value is -3.62. The number of anilines is 2. The van der Waals surface area contributed by atoms with Gasteiger partial charge in [0.05, 0.1) is 0 Å². The van der Waals surface area contributed by atoms with E-state index < -0.39 is 11.9 Å². The molecule has 9 heteroatoms. The number of rotatable bonds is 6. The number of hydrogen-bond donors (Lipinski definition) is 3. The minimum Gasteiger partial charge on any atom is -0.350 e. The van der Waals surface area contributed by atoms with Gasteiger partial charge in [-0.3, -0.25) is 0 Å². The van der Waals surface area contributed by atoms with Gasteiger partial charge in [0, 0.05) is 25.0 Å². The van der Waals surface area contributed by atoms with Gasteiger partial charge in [-0.2, -0.15) is 13.2 Å². The molecule has 31 heavy (non-hydrogen) atoms. The van der Waals surface area contributed by atoms with E-state index in [4.69, 9.17) is 0 Å². The first-order valence-electron chi connectivity index (χ1n) is 9.72. The molecule has 0 aliphatic heterocycles. The molecule has 3 rings (SSSR count). The highest BCUT2D eigenvalue weighted by molar-refractivity contribution is 5.89. The lowest BCUT2D eigenvalue weighted by molar-refractivity contribution is -0.141. The number of amides is 2. The molecule has 164 valence electrons. The average Bonchev–Trinajstić information content (AvgIpc) is 2.79. The Morgan fingerprint density at radius 1 is 0.903 bits per heavy atom. The molecule has 0 radical (unpaired) electrons. The number of carbonyl (C=O) groups excluding carboxylic acids is 1. The van der Waals surface area contributed by atoms with Crippen molar-refractivity contribution in [3.8, 4) is 0 Å². The first kappa shape index (κ1) is 23.7. The van der Waals surface area contributed by atoms with E-state index in [0.29, 0.717) is 12.2 Å². The minimum absolute atomic E-state index is 0.109.